The highest BCUT2D eigenvalue weighted by Crippen LogP contribution is 2.22. The molecule has 4 nitrogen and oxygen atoms in total. The van der Waals surface area contributed by atoms with Crippen molar-refractivity contribution in [2.45, 2.75) is 32.2 Å². The first-order valence-electron chi connectivity index (χ1n) is 6.69. The molecule has 1 heterocycles. The maximum atomic E-state index is 12.6. The smallest absolute Gasteiger partial charge is 0.328 e. The van der Waals surface area contributed by atoms with E-state index < -0.39 is 6.04 Å². The SMILES string of the molecule is COC(=O)C1CCCCN1C(=O)c1cc(C)cc(Cl)c1. The summed E-state index contributed by atoms with van der Waals surface area (Å²) < 4.78 is 4.79. The van der Waals surface area contributed by atoms with Crippen LogP contribution in [0.4, 0.5) is 0 Å². The van der Waals surface area contributed by atoms with Gasteiger partial charge in [0.1, 0.15) is 6.04 Å². The third-order valence-corrected chi connectivity index (χ3v) is 3.74. The molecule has 0 aromatic heterocycles. The van der Waals surface area contributed by atoms with Gasteiger partial charge in [0.05, 0.1) is 7.11 Å². The first kappa shape index (κ1) is 14.9. The van der Waals surface area contributed by atoms with Gasteiger partial charge in [0.2, 0.25) is 0 Å². The van der Waals surface area contributed by atoms with Crippen molar-refractivity contribution in [2.75, 3.05) is 13.7 Å². The lowest BCUT2D eigenvalue weighted by atomic mass is 10.0. The van der Waals surface area contributed by atoms with E-state index in [9.17, 15) is 9.59 Å². The van der Waals surface area contributed by atoms with Crippen molar-refractivity contribution in [3.05, 3.63) is 34.3 Å². The summed E-state index contributed by atoms with van der Waals surface area (Å²) >= 11 is 6.00. The molecule has 1 aromatic carbocycles. The molecular formula is C15H18ClNO3. The van der Waals surface area contributed by atoms with Crippen LogP contribution in [0.15, 0.2) is 18.2 Å². The lowest BCUT2D eigenvalue weighted by molar-refractivity contribution is -0.147. The van der Waals surface area contributed by atoms with Gasteiger partial charge >= 0.3 is 5.97 Å². The topological polar surface area (TPSA) is 46.6 Å². The van der Waals surface area contributed by atoms with Crippen molar-refractivity contribution in [1.29, 1.82) is 0 Å². The third-order valence-electron chi connectivity index (χ3n) is 3.53. The first-order valence-corrected chi connectivity index (χ1v) is 7.06. The molecule has 1 aromatic rings. The molecule has 0 N–H and O–H groups in total. The lowest BCUT2D eigenvalue weighted by Crippen LogP contribution is -2.48. The number of amides is 1. The predicted molar refractivity (Wildman–Crippen MR) is 76.9 cm³/mol. The van der Waals surface area contributed by atoms with Crippen molar-refractivity contribution in [2.24, 2.45) is 0 Å². The van der Waals surface area contributed by atoms with E-state index in [2.05, 4.69) is 0 Å². The molecule has 1 saturated heterocycles. The van der Waals surface area contributed by atoms with Gasteiger partial charge in [-0.3, -0.25) is 4.79 Å². The summed E-state index contributed by atoms with van der Waals surface area (Å²) in [7, 11) is 1.35. The first-order chi connectivity index (χ1) is 9.52. The number of rotatable bonds is 2. The van der Waals surface area contributed by atoms with Crippen molar-refractivity contribution >= 4 is 23.5 Å². The number of carbonyl (C=O) groups is 2. The highest BCUT2D eigenvalue weighted by Gasteiger charge is 2.33. The zero-order valence-electron chi connectivity index (χ0n) is 11.7. The number of hydrogen-bond acceptors (Lipinski definition) is 3. The summed E-state index contributed by atoms with van der Waals surface area (Å²) in [5.41, 5.74) is 1.44. The number of methoxy groups -OCH3 is 1. The van der Waals surface area contributed by atoms with Crippen LogP contribution in [0.2, 0.25) is 5.02 Å². The normalized spacial score (nSPS) is 18.8. The summed E-state index contributed by atoms with van der Waals surface area (Å²) in [6.45, 7) is 2.46. The number of carbonyl (C=O) groups excluding carboxylic acids is 2. The van der Waals surface area contributed by atoms with Gasteiger partial charge in [-0.1, -0.05) is 11.6 Å². The van der Waals surface area contributed by atoms with Crippen LogP contribution in [-0.2, 0) is 9.53 Å². The summed E-state index contributed by atoms with van der Waals surface area (Å²) in [4.78, 5) is 26.0. The van der Waals surface area contributed by atoms with Crippen LogP contribution in [0, 0.1) is 6.92 Å². The molecule has 0 spiro atoms. The van der Waals surface area contributed by atoms with Gasteiger partial charge < -0.3 is 9.64 Å². The molecular weight excluding hydrogens is 278 g/mol. The monoisotopic (exact) mass is 295 g/mol. The molecule has 108 valence electrons. The van der Waals surface area contributed by atoms with Crippen LogP contribution in [0.1, 0.15) is 35.2 Å². The van der Waals surface area contributed by atoms with Gasteiger partial charge in [-0.2, -0.15) is 0 Å². The minimum Gasteiger partial charge on any atom is -0.467 e. The summed E-state index contributed by atoms with van der Waals surface area (Å²) in [6, 6.07) is 4.74. The quantitative estimate of drug-likeness (QED) is 0.788. The molecule has 0 aliphatic carbocycles. The Morgan fingerprint density at radius 2 is 2.05 bits per heavy atom. The van der Waals surface area contributed by atoms with Crippen molar-refractivity contribution in [1.82, 2.24) is 4.90 Å². The van der Waals surface area contributed by atoms with Gasteiger partial charge in [-0.15, -0.1) is 0 Å². The van der Waals surface area contributed by atoms with Crippen molar-refractivity contribution in [3.63, 3.8) is 0 Å². The minimum atomic E-state index is -0.486. The molecule has 20 heavy (non-hydrogen) atoms. The second kappa shape index (κ2) is 6.27. The van der Waals surface area contributed by atoms with E-state index in [4.69, 9.17) is 16.3 Å². The lowest BCUT2D eigenvalue weighted by Gasteiger charge is -2.33. The zero-order chi connectivity index (χ0) is 14.7. The molecule has 0 bridgehead atoms. The van der Waals surface area contributed by atoms with E-state index in [1.54, 1.807) is 23.1 Å². The van der Waals surface area contributed by atoms with E-state index in [0.717, 1.165) is 18.4 Å². The van der Waals surface area contributed by atoms with Crippen LogP contribution in [-0.4, -0.2) is 36.5 Å². The maximum Gasteiger partial charge on any atom is 0.328 e. The predicted octanol–water partition coefficient (Wildman–Crippen LogP) is 2.82. The number of benzene rings is 1. The molecule has 1 amide bonds. The fraction of sp³-hybridized carbons (Fsp3) is 0.467. The number of esters is 1. The van der Waals surface area contributed by atoms with Crippen LogP contribution >= 0.6 is 11.6 Å². The van der Waals surface area contributed by atoms with E-state index >= 15 is 0 Å². The fourth-order valence-electron chi connectivity index (χ4n) is 2.58. The Morgan fingerprint density at radius 1 is 1.30 bits per heavy atom. The molecule has 1 aliphatic heterocycles. The van der Waals surface area contributed by atoms with E-state index in [0.29, 0.717) is 23.6 Å². The highest BCUT2D eigenvalue weighted by molar-refractivity contribution is 6.31. The molecule has 1 unspecified atom stereocenters. The number of likely N-dealkylation sites (tertiary alicyclic amines) is 1. The Kier molecular flexibility index (Phi) is 4.65. The number of ether oxygens (including phenoxy) is 1. The van der Waals surface area contributed by atoms with Crippen molar-refractivity contribution in [3.8, 4) is 0 Å². The number of piperidine rings is 1. The molecule has 1 fully saturated rings. The number of nitrogens with zero attached hydrogens (tertiary/aromatic N) is 1. The molecule has 0 saturated carbocycles. The van der Waals surface area contributed by atoms with Gasteiger partial charge in [-0.25, -0.2) is 4.79 Å². The maximum absolute atomic E-state index is 12.6. The van der Waals surface area contributed by atoms with Gasteiger partial charge in [0.25, 0.3) is 5.91 Å². The Hall–Kier alpha value is -1.55. The number of aryl methyl sites for hydroxylation is 1. The molecule has 1 atom stereocenters. The number of halogens is 1. The Morgan fingerprint density at radius 3 is 2.70 bits per heavy atom. The van der Waals surface area contributed by atoms with Crippen LogP contribution in [0.5, 0.6) is 0 Å². The molecule has 2 rings (SSSR count). The average molecular weight is 296 g/mol. The van der Waals surface area contributed by atoms with Gasteiger partial charge in [0.15, 0.2) is 0 Å². The van der Waals surface area contributed by atoms with Crippen molar-refractivity contribution < 1.29 is 14.3 Å². The van der Waals surface area contributed by atoms with Crippen LogP contribution in [0.3, 0.4) is 0 Å². The second-order valence-electron chi connectivity index (χ2n) is 5.05. The average Bonchev–Trinajstić information content (AvgIpc) is 2.44. The fourth-order valence-corrected chi connectivity index (χ4v) is 2.87. The van der Waals surface area contributed by atoms with Crippen LogP contribution < -0.4 is 0 Å². The minimum absolute atomic E-state index is 0.161. The van der Waals surface area contributed by atoms with Crippen LogP contribution in [0.25, 0.3) is 0 Å². The number of hydrogen-bond donors (Lipinski definition) is 0. The van der Waals surface area contributed by atoms with E-state index in [-0.39, 0.29) is 11.9 Å². The largest absolute Gasteiger partial charge is 0.467 e. The summed E-state index contributed by atoms with van der Waals surface area (Å²) in [5, 5.41) is 0.528. The molecule has 0 radical (unpaired) electrons. The zero-order valence-corrected chi connectivity index (χ0v) is 12.4. The highest BCUT2D eigenvalue weighted by atomic mass is 35.5. The Bertz CT molecular complexity index is 510. The van der Waals surface area contributed by atoms with E-state index in [1.165, 1.54) is 7.11 Å². The molecule has 5 heteroatoms. The molecule has 1 aliphatic rings. The Balaban J connectivity index is 2.27. The standard InChI is InChI=1S/C15H18ClNO3/c1-10-7-11(9-12(16)8-10)14(18)17-6-4-3-5-13(17)15(19)20-2/h7-9,13H,3-6H2,1-2H3. The van der Waals surface area contributed by atoms with Gasteiger partial charge in [0, 0.05) is 17.1 Å². The summed E-state index contributed by atoms with van der Waals surface area (Å²) in [5.74, 6) is -0.512. The second-order valence-corrected chi connectivity index (χ2v) is 5.49. The van der Waals surface area contributed by atoms with Gasteiger partial charge in [-0.05, 0) is 49.9 Å². The Labute approximate surface area is 123 Å². The third kappa shape index (κ3) is 3.12. The van der Waals surface area contributed by atoms with E-state index in [1.807, 2.05) is 6.92 Å². The summed E-state index contributed by atoms with van der Waals surface area (Å²) in [6.07, 6.45) is 2.48.